The zero-order chi connectivity index (χ0) is 18.9. The van der Waals surface area contributed by atoms with Crippen LogP contribution in [0.15, 0.2) is 59.1 Å². The highest BCUT2D eigenvalue weighted by molar-refractivity contribution is 9.10. The number of hydrogen-bond acceptors (Lipinski definition) is 3. The number of nitrogens with one attached hydrogen (secondary N) is 2. The maximum absolute atomic E-state index is 12.3. The van der Waals surface area contributed by atoms with Crippen LogP contribution in [0.25, 0.3) is 0 Å². The fourth-order valence-electron chi connectivity index (χ4n) is 2.54. The molecule has 138 valence electrons. The summed E-state index contributed by atoms with van der Waals surface area (Å²) in [6, 6.07) is 16.9. The highest BCUT2D eigenvalue weighted by atomic mass is 79.9. The van der Waals surface area contributed by atoms with Crippen molar-refractivity contribution in [2.45, 2.75) is 12.5 Å². The summed E-state index contributed by atoms with van der Waals surface area (Å²) in [5.74, 6) is -0.269. The van der Waals surface area contributed by atoms with E-state index in [0.29, 0.717) is 18.7 Å². The summed E-state index contributed by atoms with van der Waals surface area (Å²) in [5.41, 5.74) is 1.64. The average molecular weight is 418 g/mol. The van der Waals surface area contributed by atoms with Gasteiger partial charge in [0.2, 0.25) is 5.91 Å². The van der Waals surface area contributed by atoms with E-state index in [1.807, 2.05) is 61.5 Å². The standard InChI is InChI=1S/C20H24BrN3O2/c1-24(2)14-18(15-6-4-3-5-7-15)23-19(25)12-13-22-20(26)16-8-10-17(21)11-9-16/h3-11,18H,12-14H2,1-2H3,(H,22,26)(H,23,25)/t18-/m1/s1. The minimum atomic E-state index is -0.182. The van der Waals surface area contributed by atoms with Gasteiger partial charge >= 0.3 is 0 Å². The molecule has 0 fully saturated rings. The van der Waals surface area contributed by atoms with Crippen molar-refractivity contribution in [3.05, 3.63) is 70.2 Å². The second-order valence-electron chi connectivity index (χ2n) is 6.31. The first-order chi connectivity index (χ1) is 12.5. The molecule has 2 N–H and O–H groups in total. The van der Waals surface area contributed by atoms with E-state index in [-0.39, 0.29) is 24.3 Å². The van der Waals surface area contributed by atoms with Crippen LogP contribution in [0.5, 0.6) is 0 Å². The van der Waals surface area contributed by atoms with E-state index in [1.54, 1.807) is 12.1 Å². The number of benzene rings is 2. The molecule has 0 bridgehead atoms. The lowest BCUT2D eigenvalue weighted by atomic mass is 10.1. The fourth-order valence-corrected chi connectivity index (χ4v) is 2.81. The van der Waals surface area contributed by atoms with E-state index in [4.69, 9.17) is 0 Å². The molecule has 2 amide bonds. The molecule has 0 saturated carbocycles. The second kappa shape index (κ2) is 10.1. The number of hydrogen-bond donors (Lipinski definition) is 2. The van der Waals surface area contributed by atoms with Gasteiger partial charge in [0, 0.05) is 29.5 Å². The number of amides is 2. The van der Waals surface area contributed by atoms with Crippen LogP contribution in [-0.4, -0.2) is 43.9 Å². The summed E-state index contributed by atoms with van der Waals surface area (Å²) < 4.78 is 0.918. The van der Waals surface area contributed by atoms with Crippen LogP contribution in [0.1, 0.15) is 28.4 Å². The number of nitrogens with zero attached hydrogens (tertiary/aromatic N) is 1. The molecule has 0 unspecified atom stereocenters. The molecule has 6 heteroatoms. The van der Waals surface area contributed by atoms with Crippen molar-refractivity contribution in [1.29, 1.82) is 0 Å². The van der Waals surface area contributed by atoms with Crippen LogP contribution in [0.3, 0.4) is 0 Å². The lowest BCUT2D eigenvalue weighted by Gasteiger charge is -2.23. The van der Waals surface area contributed by atoms with Gasteiger partial charge in [0.25, 0.3) is 5.91 Å². The van der Waals surface area contributed by atoms with Gasteiger partial charge in [-0.2, -0.15) is 0 Å². The first-order valence-electron chi connectivity index (χ1n) is 8.48. The topological polar surface area (TPSA) is 61.4 Å². The molecule has 0 radical (unpaired) electrons. The van der Waals surface area contributed by atoms with E-state index in [2.05, 4.69) is 26.6 Å². The zero-order valence-electron chi connectivity index (χ0n) is 15.0. The Labute approximate surface area is 162 Å². The predicted octanol–water partition coefficient (Wildman–Crippen LogP) is 2.99. The van der Waals surface area contributed by atoms with E-state index >= 15 is 0 Å². The second-order valence-corrected chi connectivity index (χ2v) is 7.22. The SMILES string of the molecule is CN(C)C[C@@H](NC(=O)CCNC(=O)c1ccc(Br)cc1)c1ccccc1. The number of rotatable bonds is 8. The molecule has 0 aliphatic heterocycles. The van der Waals surface area contributed by atoms with Crippen LogP contribution >= 0.6 is 15.9 Å². The van der Waals surface area contributed by atoms with Gasteiger partial charge in [-0.25, -0.2) is 0 Å². The molecule has 0 saturated heterocycles. The van der Waals surface area contributed by atoms with Crippen LogP contribution in [-0.2, 0) is 4.79 Å². The van der Waals surface area contributed by atoms with Crippen LogP contribution < -0.4 is 10.6 Å². The molecule has 2 aromatic carbocycles. The number of carbonyl (C=O) groups excluding carboxylic acids is 2. The van der Waals surface area contributed by atoms with Gasteiger partial charge < -0.3 is 15.5 Å². The largest absolute Gasteiger partial charge is 0.352 e. The molecule has 5 nitrogen and oxygen atoms in total. The Balaban J connectivity index is 1.84. The number of likely N-dealkylation sites (N-methyl/N-ethyl adjacent to an activating group) is 1. The Morgan fingerprint density at radius 2 is 1.69 bits per heavy atom. The predicted molar refractivity (Wildman–Crippen MR) is 107 cm³/mol. The zero-order valence-corrected chi connectivity index (χ0v) is 16.6. The summed E-state index contributed by atoms with van der Waals surface area (Å²) in [6.45, 7) is 1.01. The van der Waals surface area contributed by atoms with E-state index < -0.39 is 0 Å². The molecule has 1 atom stereocenters. The molecule has 0 spiro atoms. The van der Waals surface area contributed by atoms with Gasteiger partial charge in [-0.1, -0.05) is 46.3 Å². The highest BCUT2D eigenvalue weighted by Gasteiger charge is 2.15. The van der Waals surface area contributed by atoms with Crippen molar-refractivity contribution in [3.63, 3.8) is 0 Å². The Morgan fingerprint density at radius 1 is 1.04 bits per heavy atom. The average Bonchev–Trinajstić information content (AvgIpc) is 2.62. The van der Waals surface area contributed by atoms with Gasteiger partial charge in [-0.15, -0.1) is 0 Å². The number of halogens is 1. The third kappa shape index (κ3) is 6.61. The van der Waals surface area contributed by atoms with Crippen molar-refractivity contribution in [1.82, 2.24) is 15.5 Å². The van der Waals surface area contributed by atoms with Gasteiger partial charge in [0.15, 0.2) is 0 Å². The summed E-state index contributed by atoms with van der Waals surface area (Å²) in [7, 11) is 3.95. The molecule has 2 rings (SSSR count). The quantitative estimate of drug-likeness (QED) is 0.693. The van der Waals surface area contributed by atoms with Crippen LogP contribution in [0, 0.1) is 0 Å². The summed E-state index contributed by atoms with van der Waals surface area (Å²) >= 11 is 3.34. The maximum atomic E-state index is 12.3. The molecule has 2 aromatic rings. The molecular weight excluding hydrogens is 394 g/mol. The molecular formula is C20H24BrN3O2. The van der Waals surface area contributed by atoms with Gasteiger partial charge in [-0.05, 0) is 43.9 Å². The normalized spacial score (nSPS) is 11.8. The van der Waals surface area contributed by atoms with Gasteiger partial charge in [0.1, 0.15) is 0 Å². The Bertz CT molecular complexity index is 718. The summed E-state index contributed by atoms with van der Waals surface area (Å²) in [5, 5.41) is 5.83. The van der Waals surface area contributed by atoms with Crippen molar-refractivity contribution >= 4 is 27.7 Å². The minimum absolute atomic E-state index is 0.0825. The smallest absolute Gasteiger partial charge is 0.251 e. The van der Waals surface area contributed by atoms with E-state index in [1.165, 1.54) is 0 Å². The fraction of sp³-hybridized carbons (Fsp3) is 0.300. The van der Waals surface area contributed by atoms with Crippen molar-refractivity contribution in [3.8, 4) is 0 Å². The Kier molecular flexibility index (Phi) is 7.81. The molecule has 26 heavy (non-hydrogen) atoms. The summed E-state index contributed by atoms with van der Waals surface area (Å²) in [6.07, 6.45) is 0.235. The first-order valence-corrected chi connectivity index (χ1v) is 9.28. The molecule has 0 aromatic heterocycles. The minimum Gasteiger partial charge on any atom is -0.352 e. The monoisotopic (exact) mass is 417 g/mol. The third-order valence-corrected chi connectivity index (χ3v) is 4.36. The molecule has 0 aliphatic carbocycles. The lowest BCUT2D eigenvalue weighted by Crippen LogP contribution is -2.37. The summed E-state index contributed by atoms with van der Waals surface area (Å²) in [4.78, 5) is 26.4. The maximum Gasteiger partial charge on any atom is 0.251 e. The van der Waals surface area contributed by atoms with Crippen molar-refractivity contribution in [2.75, 3.05) is 27.2 Å². The molecule has 0 aliphatic rings. The van der Waals surface area contributed by atoms with E-state index in [0.717, 1.165) is 10.0 Å². The number of carbonyl (C=O) groups is 2. The van der Waals surface area contributed by atoms with Gasteiger partial charge in [0.05, 0.1) is 6.04 Å². The Morgan fingerprint density at radius 3 is 2.31 bits per heavy atom. The Hall–Kier alpha value is -2.18. The van der Waals surface area contributed by atoms with Crippen molar-refractivity contribution < 1.29 is 9.59 Å². The van der Waals surface area contributed by atoms with Crippen molar-refractivity contribution in [2.24, 2.45) is 0 Å². The van der Waals surface area contributed by atoms with Crippen LogP contribution in [0.4, 0.5) is 0 Å². The van der Waals surface area contributed by atoms with Crippen LogP contribution in [0.2, 0.25) is 0 Å². The third-order valence-electron chi connectivity index (χ3n) is 3.83. The van der Waals surface area contributed by atoms with E-state index in [9.17, 15) is 9.59 Å². The highest BCUT2D eigenvalue weighted by Crippen LogP contribution is 2.13. The van der Waals surface area contributed by atoms with Gasteiger partial charge in [-0.3, -0.25) is 9.59 Å². The first kappa shape index (κ1) is 20.1. The molecule has 0 heterocycles. The lowest BCUT2D eigenvalue weighted by molar-refractivity contribution is -0.121.